The van der Waals surface area contributed by atoms with Crippen molar-refractivity contribution in [2.45, 2.75) is 0 Å². The lowest BCUT2D eigenvalue weighted by Crippen LogP contribution is -1.94. The molecule has 0 amide bonds. The molecule has 0 saturated heterocycles. The van der Waals surface area contributed by atoms with Crippen molar-refractivity contribution in [2.24, 2.45) is 0 Å². The number of pyridine rings is 1. The minimum atomic E-state index is 0.442. The molecule has 0 unspecified atom stereocenters. The average Bonchev–Trinajstić information content (AvgIpc) is 3.26. The lowest BCUT2D eigenvalue weighted by Gasteiger charge is -2.07. The van der Waals surface area contributed by atoms with Gasteiger partial charge in [0.1, 0.15) is 11.5 Å². The van der Waals surface area contributed by atoms with Gasteiger partial charge in [-0.05, 0) is 12.1 Å². The number of rotatable bonds is 4. The van der Waals surface area contributed by atoms with Gasteiger partial charge in [0.25, 0.3) is 0 Å². The van der Waals surface area contributed by atoms with Gasteiger partial charge in [0.15, 0.2) is 16.6 Å². The maximum Gasteiger partial charge on any atom is 0.195 e. The highest BCUT2D eigenvalue weighted by Crippen LogP contribution is 2.33. The van der Waals surface area contributed by atoms with Crippen LogP contribution in [-0.4, -0.2) is 33.7 Å². The highest BCUT2D eigenvalue weighted by Gasteiger charge is 2.14. The highest BCUT2D eigenvalue weighted by atomic mass is 35.5. The Hall–Kier alpha value is -2.64. The summed E-state index contributed by atoms with van der Waals surface area (Å²) >= 11 is 7.49. The number of nitrogens with zero attached hydrogens (tertiary/aromatic N) is 4. The molecule has 4 aromatic rings. The van der Waals surface area contributed by atoms with Gasteiger partial charge < -0.3 is 9.47 Å². The van der Waals surface area contributed by atoms with E-state index in [0.717, 1.165) is 27.4 Å². The smallest absolute Gasteiger partial charge is 0.195 e. The molecule has 0 aliphatic carbocycles. The molecule has 3 heterocycles. The number of hydrogen-bond acceptors (Lipinski definition) is 6. The van der Waals surface area contributed by atoms with Crippen molar-refractivity contribution >= 4 is 34.0 Å². The number of methoxy groups -OCH3 is 2. The van der Waals surface area contributed by atoms with Gasteiger partial charge in [-0.1, -0.05) is 11.6 Å². The molecule has 6 nitrogen and oxygen atoms in total. The number of fused-ring (bicyclic) bond motifs is 1. The second kappa shape index (κ2) is 6.34. The van der Waals surface area contributed by atoms with Gasteiger partial charge in [0, 0.05) is 29.3 Å². The van der Waals surface area contributed by atoms with E-state index in [9.17, 15) is 0 Å². The van der Waals surface area contributed by atoms with Crippen LogP contribution in [0.2, 0.25) is 5.15 Å². The molecule has 4 rings (SSSR count). The lowest BCUT2D eigenvalue weighted by molar-refractivity contribution is 0.355. The van der Waals surface area contributed by atoms with Crippen molar-refractivity contribution in [3.05, 3.63) is 47.3 Å². The molecule has 0 N–H and O–H groups in total. The van der Waals surface area contributed by atoms with Crippen molar-refractivity contribution in [2.75, 3.05) is 14.2 Å². The van der Waals surface area contributed by atoms with E-state index in [1.807, 2.05) is 28.1 Å². The van der Waals surface area contributed by atoms with E-state index in [2.05, 4.69) is 9.97 Å². The largest absolute Gasteiger partial charge is 0.493 e. The van der Waals surface area contributed by atoms with Crippen LogP contribution >= 0.6 is 22.9 Å². The van der Waals surface area contributed by atoms with Crippen LogP contribution in [0.1, 0.15) is 0 Å². The molecule has 0 fully saturated rings. The number of ether oxygens (including phenoxy) is 2. The summed E-state index contributed by atoms with van der Waals surface area (Å²) < 4.78 is 12.6. The Labute approximate surface area is 152 Å². The minimum Gasteiger partial charge on any atom is -0.493 e. The second-order valence-electron chi connectivity index (χ2n) is 5.19. The highest BCUT2D eigenvalue weighted by molar-refractivity contribution is 7.12. The van der Waals surface area contributed by atoms with Gasteiger partial charge in [0.2, 0.25) is 0 Å². The Balaban J connectivity index is 1.80. The van der Waals surface area contributed by atoms with E-state index in [-0.39, 0.29) is 0 Å². The zero-order valence-electron chi connectivity index (χ0n) is 13.4. The van der Waals surface area contributed by atoms with Crippen LogP contribution in [0, 0.1) is 0 Å². The van der Waals surface area contributed by atoms with E-state index in [1.54, 1.807) is 32.8 Å². The van der Waals surface area contributed by atoms with Gasteiger partial charge in [0.05, 0.1) is 30.9 Å². The topological polar surface area (TPSA) is 62.1 Å². The van der Waals surface area contributed by atoms with Crippen molar-refractivity contribution < 1.29 is 9.47 Å². The quantitative estimate of drug-likeness (QED) is 0.502. The monoisotopic (exact) mass is 372 g/mol. The molecule has 0 aliphatic heterocycles. The summed E-state index contributed by atoms with van der Waals surface area (Å²) in [5, 5.41) is 3.22. The summed E-state index contributed by atoms with van der Waals surface area (Å²) in [5.74, 6) is 1.29. The van der Waals surface area contributed by atoms with Crippen LogP contribution in [0.5, 0.6) is 11.5 Å². The van der Waals surface area contributed by atoms with Crippen molar-refractivity contribution in [1.82, 2.24) is 19.5 Å². The zero-order valence-corrected chi connectivity index (χ0v) is 15.0. The second-order valence-corrected chi connectivity index (χ2v) is 6.42. The molecular weight excluding hydrogens is 360 g/mol. The van der Waals surface area contributed by atoms with Gasteiger partial charge >= 0.3 is 0 Å². The van der Waals surface area contributed by atoms with Gasteiger partial charge in [-0.3, -0.25) is 4.57 Å². The molecule has 0 spiro atoms. The third kappa shape index (κ3) is 2.81. The minimum absolute atomic E-state index is 0.442. The lowest BCUT2D eigenvalue weighted by atomic mass is 10.2. The number of aromatic nitrogens is 4. The summed E-state index contributed by atoms with van der Waals surface area (Å²) in [7, 11) is 3.21. The first-order valence-corrected chi connectivity index (χ1v) is 8.62. The first-order valence-electron chi connectivity index (χ1n) is 7.36. The standard InChI is InChI=1S/C17H13ClN4O2S/c1-23-14-6-11-13(7-15(14)24-2)22(9-20-11)17-21-12(8-25-17)10-3-4-19-16(18)5-10/h3-9H,1-2H3. The Kier molecular flexibility index (Phi) is 4.03. The Morgan fingerprint density at radius 2 is 1.88 bits per heavy atom. The van der Waals surface area contributed by atoms with E-state index >= 15 is 0 Å². The summed E-state index contributed by atoms with van der Waals surface area (Å²) in [6, 6.07) is 7.41. The summed E-state index contributed by atoms with van der Waals surface area (Å²) in [5.41, 5.74) is 3.46. The number of benzene rings is 1. The van der Waals surface area contributed by atoms with Crippen LogP contribution in [0.25, 0.3) is 27.4 Å². The zero-order chi connectivity index (χ0) is 17.4. The maximum atomic E-state index is 5.96. The molecule has 0 atom stereocenters. The van der Waals surface area contributed by atoms with Crippen molar-refractivity contribution in [1.29, 1.82) is 0 Å². The maximum absolute atomic E-state index is 5.96. The summed E-state index contributed by atoms with van der Waals surface area (Å²) in [6.45, 7) is 0. The van der Waals surface area contributed by atoms with Crippen molar-refractivity contribution in [3.63, 3.8) is 0 Å². The van der Waals surface area contributed by atoms with Crippen LogP contribution in [-0.2, 0) is 0 Å². The number of thiazole rings is 1. The molecule has 0 aliphatic rings. The molecule has 25 heavy (non-hydrogen) atoms. The van der Waals surface area contributed by atoms with Crippen LogP contribution in [0.15, 0.2) is 42.2 Å². The van der Waals surface area contributed by atoms with Crippen LogP contribution < -0.4 is 9.47 Å². The van der Waals surface area contributed by atoms with E-state index in [4.69, 9.17) is 26.1 Å². The van der Waals surface area contributed by atoms with E-state index in [1.165, 1.54) is 11.3 Å². The third-order valence-electron chi connectivity index (χ3n) is 3.77. The van der Waals surface area contributed by atoms with Gasteiger partial charge in [-0.25, -0.2) is 15.0 Å². The Bertz CT molecular complexity index is 1060. The van der Waals surface area contributed by atoms with E-state index in [0.29, 0.717) is 16.7 Å². The normalized spacial score (nSPS) is 11.0. The number of hydrogen-bond donors (Lipinski definition) is 0. The average molecular weight is 373 g/mol. The van der Waals surface area contributed by atoms with E-state index < -0.39 is 0 Å². The number of imidazole rings is 1. The molecule has 0 radical (unpaired) electrons. The Morgan fingerprint density at radius 1 is 1.08 bits per heavy atom. The first-order chi connectivity index (χ1) is 12.2. The Morgan fingerprint density at radius 3 is 2.64 bits per heavy atom. The summed E-state index contributed by atoms with van der Waals surface area (Å²) in [6.07, 6.45) is 3.41. The third-order valence-corrected chi connectivity index (χ3v) is 4.82. The predicted molar refractivity (Wildman–Crippen MR) is 98.1 cm³/mol. The SMILES string of the molecule is COc1cc2ncn(-c3nc(-c4ccnc(Cl)c4)cs3)c2cc1OC. The van der Waals surface area contributed by atoms with Crippen LogP contribution in [0.3, 0.4) is 0 Å². The molecule has 8 heteroatoms. The molecule has 0 saturated carbocycles. The fourth-order valence-corrected chi connectivity index (χ4v) is 3.55. The fourth-order valence-electron chi connectivity index (χ4n) is 2.56. The fraction of sp³-hybridized carbons (Fsp3) is 0.118. The molecule has 1 aromatic carbocycles. The molecule has 126 valence electrons. The summed E-state index contributed by atoms with van der Waals surface area (Å²) in [4.78, 5) is 13.1. The molecule has 3 aromatic heterocycles. The first kappa shape index (κ1) is 15.9. The predicted octanol–water partition coefficient (Wildman–Crippen LogP) is 4.21. The van der Waals surface area contributed by atoms with Gasteiger partial charge in [-0.15, -0.1) is 11.3 Å². The number of halogens is 1. The molecular formula is C17H13ClN4O2S. The van der Waals surface area contributed by atoms with Crippen LogP contribution in [0.4, 0.5) is 0 Å². The molecule has 0 bridgehead atoms. The van der Waals surface area contributed by atoms with Crippen molar-refractivity contribution in [3.8, 4) is 27.9 Å². The van der Waals surface area contributed by atoms with Gasteiger partial charge in [-0.2, -0.15) is 0 Å².